The summed E-state index contributed by atoms with van der Waals surface area (Å²) in [5.41, 5.74) is 4.17. The number of Topliss-reactive ketones (excluding diaryl/α,β-unsaturated/α-hetero) is 1. The molecule has 174 valence electrons. The molecule has 0 N–H and O–H groups in total. The minimum Gasteiger partial charge on any atom is -0.493 e. The highest BCUT2D eigenvalue weighted by molar-refractivity contribution is 6.42. The Labute approximate surface area is 208 Å². The summed E-state index contributed by atoms with van der Waals surface area (Å²) in [6.07, 6.45) is 1.74. The number of ether oxygens (including phenoxy) is 3. The Morgan fingerprint density at radius 3 is 2.71 bits per heavy atom. The van der Waals surface area contributed by atoms with E-state index in [1.165, 1.54) is 0 Å². The average Bonchev–Trinajstić information content (AvgIpc) is 3.13. The molecule has 0 radical (unpaired) electrons. The van der Waals surface area contributed by atoms with Crippen LogP contribution in [-0.4, -0.2) is 24.0 Å². The SMILES string of the molecule is CCOc1ccccc1/C=C1\Oc2c(cc3c(c2C)OCN(Cc2ccc(Cl)c(Cl)c2)C3)C1=O. The normalized spacial score (nSPS) is 16.1. The van der Waals surface area contributed by atoms with E-state index in [0.717, 1.165) is 28.0 Å². The monoisotopic (exact) mass is 495 g/mol. The van der Waals surface area contributed by atoms with Crippen molar-refractivity contribution in [3.63, 3.8) is 0 Å². The molecule has 0 aliphatic carbocycles. The van der Waals surface area contributed by atoms with Gasteiger partial charge >= 0.3 is 0 Å². The summed E-state index contributed by atoms with van der Waals surface area (Å²) >= 11 is 12.2. The molecule has 0 atom stereocenters. The quantitative estimate of drug-likeness (QED) is 0.370. The van der Waals surface area contributed by atoms with Crippen molar-refractivity contribution in [2.24, 2.45) is 0 Å². The van der Waals surface area contributed by atoms with Gasteiger partial charge in [0, 0.05) is 29.8 Å². The van der Waals surface area contributed by atoms with Gasteiger partial charge in [0.1, 0.15) is 24.0 Å². The van der Waals surface area contributed by atoms with Crippen LogP contribution in [-0.2, 0) is 13.1 Å². The van der Waals surface area contributed by atoms with E-state index in [2.05, 4.69) is 4.90 Å². The fourth-order valence-corrected chi connectivity index (χ4v) is 4.64. The first kappa shape index (κ1) is 22.8. The molecule has 5 rings (SSSR count). The lowest BCUT2D eigenvalue weighted by atomic mass is 9.99. The fraction of sp³-hybridized carbons (Fsp3) is 0.222. The zero-order valence-corrected chi connectivity index (χ0v) is 20.4. The molecule has 0 saturated heterocycles. The molecule has 2 aliphatic rings. The molecule has 0 unspecified atom stereocenters. The first-order valence-electron chi connectivity index (χ1n) is 11.1. The summed E-state index contributed by atoms with van der Waals surface area (Å²) in [7, 11) is 0. The number of carbonyl (C=O) groups is 1. The van der Waals surface area contributed by atoms with Crippen molar-refractivity contribution >= 4 is 35.1 Å². The van der Waals surface area contributed by atoms with Crippen LogP contribution >= 0.6 is 23.2 Å². The van der Waals surface area contributed by atoms with E-state index in [1.807, 2.05) is 56.3 Å². The summed E-state index contributed by atoms with van der Waals surface area (Å²) in [4.78, 5) is 15.4. The van der Waals surface area contributed by atoms with E-state index in [-0.39, 0.29) is 11.5 Å². The number of para-hydroxylation sites is 1. The lowest BCUT2D eigenvalue weighted by Crippen LogP contribution is -2.32. The van der Waals surface area contributed by atoms with Crippen molar-refractivity contribution in [1.82, 2.24) is 4.90 Å². The maximum Gasteiger partial charge on any atom is 0.231 e. The molecule has 0 amide bonds. The van der Waals surface area contributed by atoms with Crippen LogP contribution in [0.5, 0.6) is 17.2 Å². The Morgan fingerprint density at radius 1 is 1.09 bits per heavy atom. The number of benzene rings is 3. The molecule has 0 spiro atoms. The smallest absolute Gasteiger partial charge is 0.231 e. The molecule has 0 fully saturated rings. The van der Waals surface area contributed by atoms with Crippen LogP contribution in [0.4, 0.5) is 0 Å². The van der Waals surface area contributed by atoms with Gasteiger partial charge in [0.2, 0.25) is 5.78 Å². The highest BCUT2D eigenvalue weighted by Gasteiger charge is 2.33. The van der Waals surface area contributed by atoms with Gasteiger partial charge in [-0.15, -0.1) is 0 Å². The Hall–Kier alpha value is -2.99. The highest BCUT2D eigenvalue weighted by atomic mass is 35.5. The number of hydrogen-bond acceptors (Lipinski definition) is 5. The van der Waals surface area contributed by atoms with Crippen molar-refractivity contribution < 1.29 is 19.0 Å². The topological polar surface area (TPSA) is 48.0 Å². The minimum atomic E-state index is -0.145. The molecular formula is C27H23Cl2NO4. The maximum atomic E-state index is 13.2. The summed E-state index contributed by atoms with van der Waals surface area (Å²) in [6, 6.07) is 15.1. The zero-order valence-electron chi connectivity index (χ0n) is 18.9. The van der Waals surface area contributed by atoms with Crippen molar-refractivity contribution in [1.29, 1.82) is 0 Å². The van der Waals surface area contributed by atoms with E-state index >= 15 is 0 Å². The van der Waals surface area contributed by atoms with Crippen molar-refractivity contribution in [3.8, 4) is 17.2 Å². The van der Waals surface area contributed by atoms with E-state index in [0.29, 0.717) is 53.5 Å². The van der Waals surface area contributed by atoms with Gasteiger partial charge in [0.05, 0.1) is 22.2 Å². The Morgan fingerprint density at radius 2 is 1.91 bits per heavy atom. The number of rotatable bonds is 5. The summed E-state index contributed by atoms with van der Waals surface area (Å²) in [6.45, 7) is 6.11. The van der Waals surface area contributed by atoms with Crippen LogP contribution < -0.4 is 14.2 Å². The van der Waals surface area contributed by atoms with Gasteiger partial charge in [0.25, 0.3) is 0 Å². The molecular weight excluding hydrogens is 473 g/mol. The van der Waals surface area contributed by atoms with E-state index in [1.54, 1.807) is 12.1 Å². The second-order valence-corrected chi connectivity index (χ2v) is 9.10. The van der Waals surface area contributed by atoms with Crippen molar-refractivity contribution in [2.75, 3.05) is 13.3 Å². The van der Waals surface area contributed by atoms with Crippen molar-refractivity contribution in [3.05, 3.63) is 92.2 Å². The van der Waals surface area contributed by atoms with Crippen molar-refractivity contribution in [2.45, 2.75) is 26.9 Å². The van der Waals surface area contributed by atoms with Gasteiger partial charge in [0.15, 0.2) is 5.76 Å². The first-order valence-corrected chi connectivity index (χ1v) is 11.8. The Bertz CT molecular complexity index is 1320. The molecule has 7 heteroatoms. The number of nitrogens with zero attached hydrogens (tertiary/aromatic N) is 1. The van der Waals surface area contributed by atoms with E-state index in [4.69, 9.17) is 37.4 Å². The van der Waals surface area contributed by atoms with Crippen LogP contribution in [0.15, 0.2) is 54.3 Å². The third-order valence-electron chi connectivity index (χ3n) is 5.90. The molecule has 0 bridgehead atoms. The van der Waals surface area contributed by atoms with Crippen LogP contribution in [0.25, 0.3) is 6.08 Å². The van der Waals surface area contributed by atoms with Gasteiger partial charge in [-0.1, -0.05) is 47.5 Å². The Kier molecular flexibility index (Phi) is 6.26. The molecule has 2 aliphatic heterocycles. The third-order valence-corrected chi connectivity index (χ3v) is 6.64. The molecule has 5 nitrogen and oxygen atoms in total. The van der Waals surface area contributed by atoms with Gasteiger partial charge in [-0.3, -0.25) is 9.69 Å². The lowest BCUT2D eigenvalue weighted by molar-refractivity contribution is 0.0876. The number of allylic oxidation sites excluding steroid dienone is 1. The van der Waals surface area contributed by atoms with Gasteiger partial charge in [-0.05, 0) is 49.8 Å². The number of carbonyl (C=O) groups excluding carboxylic acids is 1. The Balaban J connectivity index is 1.41. The van der Waals surface area contributed by atoms with E-state index in [9.17, 15) is 4.79 Å². The molecule has 0 saturated carbocycles. The highest BCUT2D eigenvalue weighted by Crippen LogP contribution is 2.43. The standard InChI is InChI=1S/C27H23Cl2NO4/c1-3-32-23-7-5-4-6-18(23)12-24-25(31)20-11-19-14-30(13-17-8-9-21(28)22(29)10-17)15-33-26(19)16(2)27(20)34-24/h4-12H,3,13-15H2,1-2H3/b24-12-. The third kappa shape index (κ3) is 4.27. The zero-order chi connectivity index (χ0) is 23.8. The first-order chi connectivity index (χ1) is 16.4. The molecule has 2 heterocycles. The van der Waals surface area contributed by atoms with Gasteiger partial charge < -0.3 is 14.2 Å². The summed E-state index contributed by atoms with van der Waals surface area (Å²) < 4.78 is 17.8. The lowest BCUT2D eigenvalue weighted by Gasteiger charge is -2.30. The molecule has 34 heavy (non-hydrogen) atoms. The molecule has 3 aromatic carbocycles. The van der Waals surface area contributed by atoms with Crippen LogP contribution in [0.2, 0.25) is 10.0 Å². The second kappa shape index (κ2) is 9.34. The fourth-order valence-electron chi connectivity index (χ4n) is 4.32. The second-order valence-electron chi connectivity index (χ2n) is 8.29. The predicted octanol–water partition coefficient (Wildman–Crippen LogP) is 6.67. The number of fused-ring (bicyclic) bond motifs is 2. The van der Waals surface area contributed by atoms with Crippen LogP contribution in [0.1, 0.15) is 39.5 Å². The molecule has 0 aromatic heterocycles. The van der Waals surface area contributed by atoms with Gasteiger partial charge in [-0.2, -0.15) is 0 Å². The number of hydrogen-bond donors (Lipinski definition) is 0. The number of halogens is 2. The average molecular weight is 496 g/mol. The van der Waals surface area contributed by atoms with E-state index < -0.39 is 0 Å². The maximum absolute atomic E-state index is 13.2. The summed E-state index contributed by atoms with van der Waals surface area (Å²) in [5, 5.41) is 1.06. The van der Waals surface area contributed by atoms with Crippen LogP contribution in [0, 0.1) is 6.92 Å². The number of ketones is 1. The summed E-state index contributed by atoms with van der Waals surface area (Å²) in [5.74, 6) is 2.17. The largest absolute Gasteiger partial charge is 0.493 e. The van der Waals surface area contributed by atoms with Gasteiger partial charge in [-0.25, -0.2) is 0 Å². The van der Waals surface area contributed by atoms with Crippen LogP contribution in [0.3, 0.4) is 0 Å². The minimum absolute atomic E-state index is 0.145. The molecule has 3 aromatic rings. The predicted molar refractivity (Wildman–Crippen MR) is 133 cm³/mol.